The molecule has 0 saturated heterocycles. The maximum absolute atomic E-state index is 11.0. The van der Waals surface area contributed by atoms with Crippen LogP contribution in [0.4, 0.5) is 0 Å². The van der Waals surface area contributed by atoms with Crippen molar-refractivity contribution in [3.63, 3.8) is 0 Å². The van der Waals surface area contributed by atoms with Crippen LogP contribution in [0.2, 0.25) is 0 Å². The van der Waals surface area contributed by atoms with Crippen molar-refractivity contribution in [1.29, 1.82) is 0 Å². The lowest BCUT2D eigenvalue weighted by molar-refractivity contribution is 0.0693. The van der Waals surface area contributed by atoms with E-state index in [4.69, 9.17) is 5.11 Å². The number of hydrogen-bond acceptors (Lipinski definition) is 4. The van der Waals surface area contributed by atoms with Gasteiger partial charge in [-0.2, -0.15) is 0 Å². The number of sulfone groups is 1. The number of rotatable bonds is 5. The highest BCUT2D eigenvalue weighted by atomic mass is 32.2. The van der Waals surface area contributed by atoms with Gasteiger partial charge in [-0.3, -0.25) is 0 Å². The monoisotopic (exact) mass is 274 g/mol. The number of carboxylic acids is 1. The molecule has 0 aromatic heterocycles. The van der Waals surface area contributed by atoms with Crippen molar-refractivity contribution in [2.75, 3.05) is 17.8 Å². The van der Waals surface area contributed by atoms with Gasteiger partial charge in [-0.1, -0.05) is 12.1 Å². The zero-order valence-corrected chi connectivity index (χ0v) is 11.3. The number of aromatic carboxylic acids is 1. The fourth-order valence-corrected chi connectivity index (χ4v) is 3.66. The lowest BCUT2D eigenvalue weighted by Gasteiger charge is -2.08. The largest absolute Gasteiger partial charge is 0.478 e. The van der Waals surface area contributed by atoms with Crippen LogP contribution in [0.3, 0.4) is 0 Å². The van der Waals surface area contributed by atoms with Crippen molar-refractivity contribution in [3.05, 3.63) is 29.3 Å². The molecular formula is C11H14O4S2. The van der Waals surface area contributed by atoms with Gasteiger partial charge >= 0.3 is 5.97 Å². The minimum atomic E-state index is -3.01. The smallest absolute Gasteiger partial charge is 0.336 e. The van der Waals surface area contributed by atoms with Crippen molar-refractivity contribution in [2.45, 2.75) is 11.8 Å². The van der Waals surface area contributed by atoms with Crippen LogP contribution < -0.4 is 0 Å². The summed E-state index contributed by atoms with van der Waals surface area (Å²) >= 11 is 1.27. The average Bonchev–Trinajstić information content (AvgIpc) is 2.18. The molecule has 1 N–H and O–H groups in total. The molecule has 94 valence electrons. The normalized spacial score (nSPS) is 11.4. The number of carbonyl (C=O) groups is 1. The Balaban J connectivity index is 2.86. The Labute approximate surface area is 105 Å². The van der Waals surface area contributed by atoms with Crippen molar-refractivity contribution < 1.29 is 18.3 Å². The van der Waals surface area contributed by atoms with Gasteiger partial charge in [0.15, 0.2) is 0 Å². The lowest BCUT2D eigenvalue weighted by atomic mass is 10.1. The van der Waals surface area contributed by atoms with E-state index in [0.29, 0.717) is 10.6 Å². The molecule has 0 aliphatic carbocycles. The molecule has 0 radical (unpaired) electrons. The van der Waals surface area contributed by atoms with Gasteiger partial charge in [-0.05, 0) is 18.6 Å². The molecule has 0 atom stereocenters. The fraction of sp³-hybridized carbons (Fsp3) is 0.364. The van der Waals surface area contributed by atoms with Gasteiger partial charge in [-0.15, -0.1) is 11.8 Å². The molecule has 1 rings (SSSR count). The molecular weight excluding hydrogens is 260 g/mol. The maximum Gasteiger partial charge on any atom is 0.336 e. The fourth-order valence-electron chi connectivity index (χ4n) is 1.31. The van der Waals surface area contributed by atoms with Gasteiger partial charge < -0.3 is 5.11 Å². The molecule has 0 aliphatic rings. The predicted molar refractivity (Wildman–Crippen MR) is 68.6 cm³/mol. The van der Waals surface area contributed by atoms with E-state index < -0.39 is 15.8 Å². The van der Waals surface area contributed by atoms with Crippen LogP contribution in [0, 0.1) is 6.92 Å². The first-order valence-corrected chi connectivity index (χ1v) is 7.99. The second-order valence-electron chi connectivity index (χ2n) is 3.74. The molecule has 0 fully saturated rings. The Kier molecular flexibility index (Phi) is 4.59. The van der Waals surface area contributed by atoms with Crippen LogP contribution in [0.25, 0.3) is 0 Å². The number of thioether (sulfide) groups is 1. The highest BCUT2D eigenvalue weighted by Crippen LogP contribution is 2.26. The zero-order valence-electron chi connectivity index (χ0n) is 9.63. The second-order valence-corrected chi connectivity index (χ2v) is 7.10. The van der Waals surface area contributed by atoms with Crippen LogP contribution in [0.5, 0.6) is 0 Å². The quantitative estimate of drug-likeness (QED) is 0.829. The Morgan fingerprint density at radius 1 is 1.41 bits per heavy atom. The van der Waals surface area contributed by atoms with Crippen LogP contribution >= 0.6 is 11.8 Å². The van der Waals surface area contributed by atoms with Crippen LogP contribution in [-0.4, -0.2) is 37.3 Å². The van der Waals surface area contributed by atoms with Crippen molar-refractivity contribution in [1.82, 2.24) is 0 Å². The second kappa shape index (κ2) is 5.55. The summed E-state index contributed by atoms with van der Waals surface area (Å²) < 4.78 is 22.0. The van der Waals surface area contributed by atoms with Crippen molar-refractivity contribution in [2.24, 2.45) is 0 Å². The third-order valence-corrected chi connectivity index (χ3v) is 4.59. The summed E-state index contributed by atoms with van der Waals surface area (Å²) in [6, 6.07) is 5.02. The van der Waals surface area contributed by atoms with E-state index in [1.54, 1.807) is 6.07 Å². The minimum absolute atomic E-state index is 0.0467. The van der Waals surface area contributed by atoms with E-state index in [0.717, 1.165) is 5.56 Å². The molecule has 17 heavy (non-hydrogen) atoms. The highest BCUT2D eigenvalue weighted by Gasteiger charge is 2.13. The number of benzene rings is 1. The van der Waals surface area contributed by atoms with E-state index in [1.807, 2.05) is 13.0 Å². The summed E-state index contributed by atoms with van der Waals surface area (Å²) in [5.41, 5.74) is 1.08. The third-order valence-electron chi connectivity index (χ3n) is 2.14. The lowest BCUT2D eigenvalue weighted by Crippen LogP contribution is -2.06. The van der Waals surface area contributed by atoms with Gasteiger partial charge in [0.25, 0.3) is 0 Å². The molecule has 0 amide bonds. The van der Waals surface area contributed by atoms with Crippen molar-refractivity contribution >= 4 is 27.6 Å². The summed E-state index contributed by atoms with van der Waals surface area (Å²) in [7, 11) is -3.01. The molecule has 0 heterocycles. The molecule has 0 unspecified atom stereocenters. The number of hydrogen-bond donors (Lipinski definition) is 1. The molecule has 0 saturated carbocycles. The molecule has 0 bridgehead atoms. The first kappa shape index (κ1) is 14.1. The van der Waals surface area contributed by atoms with Crippen LogP contribution in [0.15, 0.2) is 23.1 Å². The first-order valence-electron chi connectivity index (χ1n) is 4.94. The van der Waals surface area contributed by atoms with Gasteiger partial charge in [0.1, 0.15) is 9.84 Å². The molecule has 0 aliphatic heterocycles. The topological polar surface area (TPSA) is 71.4 Å². The SMILES string of the molecule is Cc1cccc(C(=O)O)c1SCCS(C)(=O)=O. The van der Waals surface area contributed by atoms with Crippen LogP contribution in [0.1, 0.15) is 15.9 Å². The Hall–Kier alpha value is -1.01. The van der Waals surface area contributed by atoms with Crippen molar-refractivity contribution in [3.8, 4) is 0 Å². The summed E-state index contributed by atoms with van der Waals surface area (Å²) in [6.07, 6.45) is 1.17. The van der Waals surface area contributed by atoms with E-state index in [-0.39, 0.29) is 11.3 Å². The number of carboxylic acid groups (broad SMARTS) is 1. The molecule has 6 heteroatoms. The number of aryl methyl sites for hydroxylation is 1. The highest BCUT2D eigenvalue weighted by molar-refractivity contribution is 8.00. The summed E-state index contributed by atoms with van der Waals surface area (Å²) in [5.74, 6) is -0.578. The molecule has 1 aromatic rings. The standard InChI is InChI=1S/C11H14O4S2/c1-8-4-3-5-9(11(12)13)10(8)16-6-7-17(2,14)15/h3-5H,6-7H2,1-2H3,(H,12,13). The average molecular weight is 274 g/mol. The Morgan fingerprint density at radius 2 is 2.06 bits per heavy atom. The summed E-state index contributed by atoms with van der Waals surface area (Å²) in [4.78, 5) is 11.6. The van der Waals surface area contributed by atoms with Gasteiger partial charge in [0.05, 0.1) is 11.3 Å². The molecule has 4 nitrogen and oxygen atoms in total. The summed E-state index contributed by atoms with van der Waals surface area (Å²) in [6.45, 7) is 1.81. The van der Waals surface area contributed by atoms with Gasteiger partial charge in [0.2, 0.25) is 0 Å². The minimum Gasteiger partial charge on any atom is -0.478 e. The maximum atomic E-state index is 11.0. The molecule has 1 aromatic carbocycles. The Morgan fingerprint density at radius 3 is 2.59 bits per heavy atom. The van der Waals surface area contributed by atoms with E-state index in [9.17, 15) is 13.2 Å². The third kappa shape index (κ3) is 4.40. The molecule has 0 spiro atoms. The van der Waals surface area contributed by atoms with E-state index in [1.165, 1.54) is 24.1 Å². The van der Waals surface area contributed by atoms with E-state index in [2.05, 4.69) is 0 Å². The van der Waals surface area contributed by atoms with Gasteiger partial charge in [-0.25, -0.2) is 13.2 Å². The van der Waals surface area contributed by atoms with Crippen LogP contribution in [-0.2, 0) is 9.84 Å². The van der Waals surface area contributed by atoms with Gasteiger partial charge in [0, 0.05) is 16.9 Å². The first-order chi connectivity index (χ1) is 7.81. The Bertz CT molecular complexity index is 520. The zero-order chi connectivity index (χ0) is 13.1. The van der Waals surface area contributed by atoms with E-state index >= 15 is 0 Å². The predicted octanol–water partition coefficient (Wildman–Crippen LogP) is 1.83. The summed E-state index contributed by atoms with van der Waals surface area (Å²) in [5, 5.41) is 9.02.